The lowest BCUT2D eigenvalue weighted by molar-refractivity contribution is 0.669. The first-order valence-corrected chi connectivity index (χ1v) is 18.3. The van der Waals surface area contributed by atoms with Crippen LogP contribution in [0.4, 0.5) is 0 Å². The minimum atomic E-state index is 0.904. The zero-order valence-electron chi connectivity index (χ0n) is 28.9. The van der Waals surface area contributed by atoms with Crippen molar-refractivity contribution in [2.75, 3.05) is 0 Å². The van der Waals surface area contributed by atoms with Gasteiger partial charge in [0.2, 0.25) is 0 Å². The fraction of sp³-hybridized carbons (Fsp3) is 0. The van der Waals surface area contributed by atoms with Crippen LogP contribution in [0, 0.1) is 0 Å². The van der Waals surface area contributed by atoms with Crippen LogP contribution in [0.3, 0.4) is 0 Å². The Morgan fingerprint density at radius 1 is 0.264 bits per heavy atom. The summed E-state index contributed by atoms with van der Waals surface area (Å²) in [7, 11) is 0. The van der Waals surface area contributed by atoms with Gasteiger partial charge in [-0.15, -0.1) is 0 Å². The molecule has 11 aromatic rings. The van der Waals surface area contributed by atoms with Gasteiger partial charge in [0.15, 0.2) is 0 Å². The SMILES string of the molecule is c1ccc2cc(-c3ccc(-c4c5ccccc5c(-c5cccc6ccccc56)c5cccc(-c6ccc7oc8ccccc8c7c6)c45)cc3)ccc2c1. The highest BCUT2D eigenvalue weighted by Crippen LogP contribution is 2.49. The van der Waals surface area contributed by atoms with Crippen LogP contribution in [-0.4, -0.2) is 0 Å². The summed E-state index contributed by atoms with van der Waals surface area (Å²) in [5.41, 5.74) is 11.6. The molecule has 0 aliphatic rings. The Morgan fingerprint density at radius 3 is 1.68 bits per heavy atom. The summed E-state index contributed by atoms with van der Waals surface area (Å²) in [4.78, 5) is 0. The molecule has 53 heavy (non-hydrogen) atoms. The van der Waals surface area contributed by atoms with Gasteiger partial charge in [0.1, 0.15) is 11.2 Å². The number of rotatable bonds is 4. The molecule has 0 saturated carbocycles. The molecule has 1 heteroatoms. The van der Waals surface area contributed by atoms with Gasteiger partial charge in [-0.05, 0) is 112 Å². The molecule has 0 aliphatic heterocycles. The largest absolute Gasteiger partial charge is 0.456 e. The lowest BCUT2D eigenvalue weighted by Crippen LogP contribution is -1.94. The van der Waals surface area contributed by atoms with Crippen LogP contribution in [-0.2, 0) is 0 Å². The number of furan rings is 1. The Hall–Kier alpha value is -6.96. The second-order valence-electron chi connectivity index (χ2n) is 14.0. The summed E-state index contributed by atoms with van der Waals surface area (Å²) in [6, 6.07) is 70.7. The summed E-state index contributed by atoms with van der Waals surface area (Å²) in [5, 5.41) is 12.2. The molecular formula is C52H32O. The fourth-order valence-corrected chi connectivity index (χ4v) is 8.59. The first kappa shape index (κ1) is 29.7. The molecule has 11 rings (SSSR count). The predicted octanol–water partition coefficient (Wildman–Crippen LogP) is 14.9. The van der Waals surface area contributed by atoms with Gasteiger partial charge >= 0.3 is 0 Å². The Balaban J connectivity index is 1.22. The zero-order valence-corrected chi connectivity index (χ0v) is 28.9. The van der Waals surface area contributed by atoms with Crippen molar-refractivity contribution in [2.24, 2.45) is 0 Å². The summed E-state index contributed by atoms with van der Waals surface area (Å²) in [6.45, 7) is 0. The van der Waals surface area contributed by atoms with Crippen molar-refractivity contribution in [2.45, 2.75) is 0 Å². The van der Waals surface area contributed by atoms with E-state index in [0.29, 0.717) is 0 Å². The maximum atomic E-state index is 6.27. The second-order valence-corrected chi connectivity index (χ2v) is 14.0. The van der Waals surface area contributed by atoms with Crippen LogP contribution < -0.4 is 0 Å². The molecule has 0 aliphatic carbocycles. The Kier molecular flexibility index (Phi) is 6.62. The monoisotopic (exact) mass is 672 g/mol. The number of para-hydroxylation sites is 1. The van der Waals surface area contributed by atoms with Gasteiger partial charge in [0, 0.05) is 10.8 Å². The molecular weight excluding hydrogens is 641 g/mol. The Morgan fingerprint density at radius 2 is 0.830 bits per heavy atom. The van der Waals surface area contributed by atoms with Gasteiger partial charge in [-0.25, -0.2) is 0 Å². The molecule has 0 amide bonds. The van der Waals surface area contributed by atoms with Gasteiger partial charge in [-0.1, -0.05) is 170 Å². The van der Waals surface area contributed by atoms with Crippen LogP contribution in [0.1, 0.15) is 0 Å². The van der Waals surface area contributed by atoms with Gasteiger partial charge in [-0.3, -0.25) is 0 Å². The standard InChI is InChI=1S/C52H32O/c1-2-13-37-31-38(28-25-33(37)11-1)34-23-26-36(27-24-34)50-44-17-5-6-18-45(44)51(43-20-9-14-35-12-3-4-15-40(35)43)46-21-10-19-41(52(46)50)39-29-30-49-47(32-39)42-16-7-8-22-48(42)53-49/h1-32H. The lowest BCUT2D eigenvalue weighted by atomic mass is 9.82. The third-order valence-corrected chi connectivity index (χ3v) is 11.1. The molecule has 0 atom stereocenters. The summed E-state index contributed by atoms with van der Waals surface area (Å²) in [5.74, 6) is 0. The van der Waals surface area contributed by atoms with E-state index < -0.39 is 0 Å². The van der Waals surface area contributed by atoms with E-state index in [9.17, 15) is 0 Å². The number of hydrogen-bond acceptors (Lipinski definition) is 1. The van der Waals surface area contributed by atoms with E-state index in [1.807, 2.05) is 6.07 Å². The second kappa shape index (κ2) is 11.8. The lowest BCUT2D eigenvalue weighted by Gasteiger charge is -2.21. The number of benzene rings is 10. The van der Waals surface area contributed by atoms with Gasteiger partial charge < -0.3 is 4.42 Å². The third-order valence-electron chi connectivity index (χ3n) is 11.1. The first-order chi connectivity index (χ1) is 26.3. The first-order valence-electron chi connectivity index (χ1n) is 18.3. The Labute approximate surface area is 307 Å². The van der Waals surface area contributed by atoms with Gasteiger partial charge in [-0.2, -0.15) is 0 Å². The summed E-state index contributed by atoms with van der Waals surface area (Å²) in [6.07, 6.45) is 0. The highest BCUT2D eigenvalue weighted by molar-refractivity contribution is 6.26. The predicted molar refractivity (Wildman–Crippen MR) is 225 cm³/mol. The molecule has 0 N–H and O–H groups in total. The third kappa shape index (κ3) is 4.71. The van der Waals surface area contributed by atoms with E-state index in [0.717, 1.165) is 21.9 Å². The van der Waals surface area contributed by atoms with Crippen LogP contribution >= 0.6 is 0 Å². The van der Waals surface area contributed by atoms with E-state index >= 15 is 0 Å². The van der Waals surface area contributed by atoms with Crippen molar-refractivity contribution >= 4 is 65.0 Å². The fourth-order valence-electron chi connectivity index (χ4n) is 8.59. The molecule has 10 aromatic carbocycles. The Bertz CT molecular complexity index is 3210. The van der Waals surface area contributed by atoms with Crippen molar-refractivity contribution in [3.8, 4) is 44.5 Å². The molecule has 0 radical (unpaired) electrons. The summed E-state index contributed by atoms with van der Waals surface area (Å²) < 4.78 is 6.27. The molecule has 0 unspecified atom stereocenters. The van der Waals surface area contributed by atoms with E-state index in [2.05, 4.69) is 188 Å². The average Bonchev–Trinajstić information content (AvgIpc) is 3.60. The molecule has 246 valence electrons. The molecule has 1 heterocycles. The van der Waals surface area contributed by atoms with Crippen LogP contribution in [0.25, 0.3) is 110 Å². The highest BCUT2D eigenvalue weighted by atomic mass is 16.3. The van der Waals surface area contributed by atoms with Crippen molar-refractivity contribution in [3.05, 3.63) is 194 Å². The van der Waals surface area contributed by atoms with Crippen LogP contribution in [0.2, 0.25) is 0 Å². The smallest absolute Gasteiger partial charge is 0.135 e. The molecule has 0 spiro atoms. The molecule has 0 bridgehead atoms. The van der Waals surface area contributed by atoms with E-state index in [4.69, 9.17) is 4.42 Å². The maximum absolute atomic E-state index is 6.27. The molecule has 1 nitrogen and oxygen atoms in total. The van der Waals surface area contributed by atoms with Crippen LogP contribution in [0.15, 0.2) is 199 Å². The van der Waals surface area contributed by atoms with Crippen molar-refractivity contribution in [1.82, 2.24) is 0 Å². The number of fused-ring (bicyclic) bond motifs is 7. The minimum absolute atomic E-state index is 0.904. The highest BCUT2D eigenvalue weighted by Gasteiger charge is 2.21. The van der Waals surface area contributed by atoms with E-state index in [-0.39, 0.29) is 0 Å². The maximum Gasteiger partial charge on any atom is 0.135 e. The quantitative estimate of drug-likeness (QED) is 0.170. The summed E-state index contributed by atoms with van der Waals surface area (Å²) >= 11 is 0. The van der Waals surface area contributed by atoms with E-state index in [1.54, 1.807) is 0 Å². The zero-order chi connectivity index (χ0) is 34.9. The minimum Gasteiger partial charge on any atom is -0.456 e. The van der Waals surface area contributed by atoms with Crippen molar-refractivity contribution in [1.29, 1.82) is 0 Å². The van der Waals surface area contributed by atoms with Crippen molar-refractivity contribution < 1.29 is 4.42 Å². The molecule has 0 saturated heterocycles. The van der Waals surface area contributed by atoms with Crippen molar-refractivity contribution in [3.63, 3.8) is 0 Å². The number of hydrogen-bond donors (Lipinski definition) is 0. The molecule has 0 fully saturated rings. The van der Waals surface area contributed by atoms with E-state index in [1.165, 1.54) is 87.6 Å². The van der Waals surface area contributed by atoms with Gasteiger partial charge in [0.25, 0.3) is 0 Å². The normalized spacial score (nSPS) is 11.8. The average molecular weight is 673 g/mol. The molecule has 1 aromatic heterocycles. The van der Waals surface area contributed by atoms with Crippen LogP contribution in [0.5, 0.6) is 0 Å². The van der Waals surface area contributed by atoms with Gasteiger partial charge in [0.05, 0.1) is 0 Å². The topological polar surface area (TPSA) is 13.1 Å².